The number of thioether (sulfide) groups is 1. The summed E-state index contributed by atoms with van der Waals surface area (Å²) in [5, 5.41) is 11.8. The van der Waals surface area contributed by atoms with Gasteiger partial charge in [0.25, 0.3) is 0 Å². The van der Waals surface area contributed by atoms with E-state index in [1.54, 1.807) is 29.9 Å². The number of rotatable bonds is 5. The molecule has 108 valence electrons. The van der Waals surface area contributed by atoms with Crippen molar-refractivity contribution in [2.75, 3.05) is 14.1 Å². The minimum atomic E-state index is -3.40. The zero-order chi connectivity index (χ0) is 14.8. The van der Waals surface area contributed by atoms with E-state index < -0.39 is 10.0 Å². The van der Waals surface area contributed by atoms with Crippen LogP contribution in [0.3, 0.4) is 0 Å². The fraction of sp³-hybridized carbons (Fsp3) is 0.364. The van der Waals surface area contributed by atoms with E-state index in [1.807, 2.05) is 6.07 Å². The normalized spacial score (nSPS) is 12.0. The minimum Gasteiger partial charge on any atom is -0.224 e. The monoisotopic (exact) mass is 313 g/mol. The molecule has 0 unspecified atom stereocenters. The fourth-order valence-electron chi connectivity index (χ4n) is 1.50. The Hall–Kier alpha value is -1.45. The molecule has 7 nitrogen and oxygen atoms in total. The number of hydrogen-bond acceptors (Lipinski definition) is 6. The average Bonchev–Trinajstić information content (AvgIpc) is 2.82. The Balaban J connectivity index is 2.17. The summed E-state index contributed by atoms with van der Waals surface area (Å²) < 4.78 is 26.9. The van der Waals surface area contributed by atoms with Crippen molar-refractivity contribution in [1.29, 1.82) is 0 Å². The van der Waals surface area contributed by atoms with Crippen LogP contribution in [0.2, 0.25) is 0 Å². The molecule has 0 amide bonds. The molecule has 0 aliphatic heterocycles. The van der Waals surface area contributed by atoms with Gasteiger partial charge in [-0.1, -0.05) is 23.9 Å². The van der Waals surface area contributed by atoms with Crippen LogP contribution >= 0.6 is 11.8 Å². The first kappa shape index (κ1) is 14.9. The molecule has 0 fully saturated rings. The van der Waals surface area contributed by atoms with E-state index in [0.29, 0.717) is 10.9 Å². The molecule has 0 aliphatic carbocycles. The lowest BCUT2D eigenvalue weighted by Crippen LogP contribution is -2.22. The van der Waals surface area contributed by atoms with Gasteiger partial charge in [0.1, 0.15) is 0 Å². The standard InChI is InChI=1S/C11H15N5O2S2/c1-15(2)20(17,18)10-6-4-5-9(7-10)8-19-11-12-13-14-16(11)3/h4-7H,8H2,1-3H3. The highest BCUT2D eigenvalue weighted by molar-refractivity contribution is 7.98. The van der Waals surface area contributed by atoms with Gasteiger partial charge in [0.2, 0.25) is 15.2 Å². The SMILES string of the molecule is CN(C)S(=O)(=O)c1cccc(CSc2nnnn2C)c1. The summed E-state index contributed by atoms with van der Waals surface area (Å²) in [6.45, 7) is 0. The molecule has 1 aromatic carbocycles. The van der Waals surface area contributed by atoms with Gasteiger partial charge in [0.05, 0.1) is 4.90 Å². The van der Waals surface area contributed by atoms with Crippen LogP contribution < -0.4 is 0 Å². The summed E-state index contributed by atoms with van der Waals surface area (Å²) >= 11 is 1.45. The molecule has 9 heteroatoms. The zero-order valence-corrected chi connectivity index (χ0v) is 13.0. The van der Waals surface area contributed by atoms with Crippen LogP contribution in [0.4, 0.5) is 0 Å². The second kappa shape index (κ2) is 5.90. The molecule has 0 aliphatic rings. The fourth-order valence-corrected chi connectivity index (χ4v) is 3.26. The van der Waals surface area contributed by atoms with Gasteiger partial charge in [-0.25, -0.2) is 17.4 Å². The van der Waals surface area contributed by atoms with E-state index in [1.165, 1.54) is 30.2 Å². The van der Waals surface area contributed by atoms with Crippen molar-refractivity contribution < 1.29 is 8.42 Å². The van der Waals surface area contributed by atoms with Gasteiger partial charge >= 0.3 is 0 Å². The van der Waals surface area contributed by atoms with E-state index in [2.05, 4.69) is 15.5 Å². The van der Waals surface area contributed by atoms with Gasteiger partial charge in [-0.05, 0) is 28.1 Å². The van der Waals surface area contributed by atoms with Crippen molar-refractivity contribution in [3.63, 3.8) is 0 Å². The Bertz CT molecular complexity index is 696. The number of nitrogens with zero attached hydrogens (tertiary/aromatic N) is 5. The van der Waals surface area contributed by atoms with Crippen molar-refractivity contribution in [2.45, 2.75) is 15.8 Å². The molecule has 0 saturated heterocycles. The van der Waals surface area contributed by atoms with Crippen molar-refractivity contribution in [2.24, 2.45) is 7.05 Å². The maximum atomic E-state index is 12.1. The molecular formula is C11H15N5O2S2. The largest absolute Gasteiger partial charge is 0.242 e. The maximum absolute atomic E-state index is 12.1. The van der Waals surface area contributed by atoms with E-state index in [-0.39, 0.29) is 4.90 Å². The predicted molar refractivity (Wildman–Crippen MR) is 75.7 cm³/mol. The highest BCUT2D eigenvalue weighted by atomic mass is 32.2. The summed E-state index contributed by atoms with van der Waals surface area (Å²) in [6, 6.07) is 6.88. The Labute approximate surface area is 122 Å². The summed E-state index contributed by atoms with van der Waals surface area (Å²) in [7, 11) is 1.39. The number of sulfonamides is 1. The van der Waals surface area contributed by atoms with Crippen LogP contribution in [0.25, 0.3) is 0 Å². The summed E-state index contributed by atoms with van der Waals surface area (Å²) in [5.74, 6) is 0.602. The number of benzene rings is 1. The van der Waals surface area contributed by atoms with Gasteiger partial charge < -0.3 is 0 Å². The summed E-state index contributed by atoms with van der Waals surface area (Å²) in [5.41, 5.74) is 0.904. The zero-order valence-electron chi connectivity index (χ0n) is 11.4. The third kappa shape index (κ3) is 3.17. The number of tetrazole rings is 1. The van der Waals surface area contributed by atoms with E-state index in [0.717, 1.165) is 5.56 Å². The lowest BCUT2D eigenvalue weighted by molar-refractivity contribution is 0.520. The first-order valence-electron chi connectivity index (χ1n) is 5.78. The third-order valence-corrected chi connectivity index (χ3v) is 5.52. The van der Waals surface area contributed by atoms with Crippen LogP contribution in [0.1, 0.15) is 5.56 Å². The van der Waals surface area contributed by atoms with Crippen molar-refractivity contribution in [3.8, 4) is 0 Å². The molecule has 1 heterocycles. The maximum Gasteiger partial charge on any atom is 0.242 e. The number of aryl methyl sites for hydroxylation is 1. The van der Waals surface area contributed by atoms with Crippen LogP contribution in [0, 0.1) is 0 Å². The Morgan fingerprint density at radius 2 is 2.10 bits per heavy atom. The molecule has 1 aromatic heterocycles. The smallest absolute Gasteiger partial charge is 0.224 e. The molecular weight excluding hydrogens is 298 g/mol. The molecule has 20 heavy (non-hydrogen) atoms. The Kier molecular flexibility index (Phi) is 4.41. The second-order valence-corrected chi connectivity index (χ2v) is 7.40. The van der Waals surface area contributed by atoms with E-state index in [9.17, 15) is 8.42 Å². The second-order valence-electron chi connectivity index (χ2n) is 4.31. The lowest BCUT2D eigenvalue weighted by atomic mass is 10.2. The molecule has 0 spiro atoms. The van der Waals surface area contributed by atoms with Gasteiger partial charge in [-0.2, -0.15) is 0 Å². The van der Waals surface area contributed by atoms with Crippen molar-refractivity contribution in [1.82, 2.24) is 24.5 Å². The molecule has 0 bridgehead atoms. The Morgan fingerprint density at radius 3 is 2.70 bits per heavy atom. The molecule has 2 aromatic rings. The lowest BCUT2D eigenvalue weighted by Gasteiger charge is -2.12. The molecule has 0 radical (unpaired) electrons. The van der Waals surface area contributed by atoms with E-state index in [4.69, 9.17) is 0 Å². The number of hydrogen-bond donors (Lipinski definition) is 0. The summed E-state index contributed by atoms with van der Waals surface area (Å²) in [6.07, 6.45) is 0. The van der Waals surface area contributed by atoms with Crippen molar-refractivity contribution >= 4 is 21.8 Å². The van der Waals surface area contributed by atoms with Crippen molar-refractivity contribution in [3.05, 3.63) is 29.8 Å². The molecule has 0 saturated carbocycles. The van der Waals surface area contributed by atoms with E-state index >= 15 is 0 Å². The minimum absolute atomic E-state index is 0.289. The average molecular weight is 313 g/mol. The van der Waals surface area contributed by atoms with Crippen LogP contribution in [-0.2, 0) is 22.8 Å². The first-order valence-corrected chi connectivity index (χ1v) is 8.20. The molecule has 2 rings (SSSR count). The highest BCUT2D eigenvalue weighted by Gasteiger charge is 2.17. The topological polar surface area (TPSA) is 81.0 Å². The van der Waals surface area contributed by atoms with Gasteiger partial charge in [-0.15, -0.1) is 5.10 Å². The Morgan fingerprint density at radius 1 is 1.35 bits per heavy atom. The van der Waals surface area contributed by atoms with Gasteiger partial charge in [0, 0.05) is 26.9 Å². The summed E-state index contributed by atoms with van der Waals surface area (Å²) in [4.78, 5) is 0.289. The molecule has 0 N–H and O–H groups in total. The third-order valence-electron chi connectivity index (χ3n) is 2.63. The highest BCUT2D eigenvalue weighted by Crippen LogP contribution is 2.22. The molecule has 0 atom stereocenters. The van der Waals surface area contributed by atoms with Gasteiger partial charge in [0.15, 0.2) is 0 Å². The van der Waals surface area contributed by atoms with Crippen LogP contribution in [0.5, 0.6) is 0 Å². The predicted octanol–water partition coefficient (Wildman–Crippen LogP) is 0.753. The van der Waals surface area contributed by atoms with Gasteiger partial charge in [-0.3, -0.25) is 0 Å². The quantitative estimate of drug-likeness (QED) is 0.758. The first-order chi connectivity index (χ1) is 9.41. The van der Waals surface area contributed by atoms with Crippen LogP contribution in [0.15, 0.2) is 34.3 Å². The number of aromatic nitrogens is 4. The van der Waals surface area contributed by atoms with Crippen LogP contribution in [-0.4, -0.2) is 47.0 Å².